The minimum Gasteiger partial charge on any atom is -0.508 e. The van der Waals surface area contributed by atoms with Crippen LogP contribution in [0.25, 0.3) is 10.9 Å². The third kappa shape index (κ3) is 29.3. The fourth-order valence-electron chi connectivity index (χ4n) is 16.9. The van der Waals surface area contributed by atoms with E-state index in [0.29, 0.717) is 75.5 Å². The number of carbonyl (C=O) groups is 15. The monoisotopic (exact) mass is 1930 g/mol. The van der Waals surface area contributed by atoms with Gasteiger partial charge in [0, 0.05) is 95.6 Å². The maximum Gasteiger partial charge on any atom is 0.305 e. The van der Waals surface area contributed by atoms with Gasteiger partial charge >= 0.3 is 5.97 Å². The van der Waals surface area contributed by atoms with Crippen LogP contribution in [0.4, 0.5) is 13.2 Å². The number of phenolic OH excluding ortho intramolecular Hbond substituents is 2. The maximum atomic E-state index is 15.9. The molecule has 3 saturated heterocycles. The number of hydrogen-bond acceptors (Lipinski definition) is 21. The number of aliphatic hydroxyl groups excluding tert-OH is 1. The number of nitrogens with one attached hydrogen (secondary N) is 10. The molecule has 6 aromatic carbocycles. The molecule has 0 spiro atoms. The van der Waals surface area contributed by atoms with Crippen molar-refractivity contribution in [2.24, 2.45) is 17.1 Å². The number of carbonyl (C=O) groups excluding carboxylic acids is 14. The molecule has 1 aromatic heterocycles. The first-order valence-electron chi connectivity index (χ1n) is 45.8. The largest absolute Gasteiger partial charge is 0.508 e. The molecule has 0 radical (unpaired) electrons. The SMILES string of the molecule is CCCC[C@H]1C(=O)N2CCC[C@@H]2C(=O)N[C@@H](CC(=O)O)C(=O)N[C@@H](C(C)(C)C)C(=O)N(C)[C@@H](Cc2ccccc2)C(=O)N[C@@H](Cc2ccc(O)cc2)C(=O)N2CCOC[C@@H]2C(=O)N[C@@H](Cc2c[nH]c3ccccc23)C(=O)N[C@@H](Cc2ccc(O)cc2)C(=O)N[C@@H](CC(C)C)C(=O)N[C@H](C(=O)NCC(N)O)CSCC(=O)N[C@@H](Cc2cc(F)c(F)c(F)c2)C(=O)N(C)[C@@H](Cc2ccccc2)C(=O)N1C. The molecule has 3 fully saturated rings. The van der Waals surface area contributed by atoms with Crippen LogP contribution in [0.1, 0.15) is 120 Å². The van der Waals surface area contributed by atoms with Crippen molar-refractivity contribution in [3.63, 3.8) is 0 Å². The molecule has 1 unspecified atom stereocenters. The Morgan fingerprint density at radius 3 is 1.63 bits per heavy atom. The number of halogens is 3. The highest BCUT2D eigenvalue weighted by atomic mass is 32.2. The number of morpholine rings is 1. The molecule has 138 heavy (non-hydrogen) atoms. The minimum absolute atomic E-state index is 0.0480. The lowest BCUT2D eigenvalue weighted by Crippen LogP contribution is -2.64. The number of fused-ring (bicyclic) bond motifs is 3. The van der Waals surface area contributed by atoms with E-state index in [0.717, 1.165) is 19.6 Å². The Morgan fingerprint density at radius 2 is 1.04 bits per heavy atom. The summed E-state index contributed by atoms with van der Waals surface area (Å²) in [5, 5.41) is 66.2. The number of nitrogens with two attached hydrogens (primary N) is 1. The van der Waals surface area contributed by atoms with Crippen LogP contribution in [0.3, 0.4) is 0 Å². The molecule has 3 aliphatic heterocycles. The second kappa shape index (κ2) is 49.5. The Morgan fingerprint density at radius 1 is 0.536 bits per heavy atom. The smallest absolute Gasteiger partial charge is 0.305 e. The van der Waals surface area contributed by atoms with Crippen molar-refractivity contribution in [1.82, 2.24) is 77.3 Å². The van der Waals surface area contributed by atoms with Crippen molar-refractivity contribution in [3.8, 4) is 11.5 Å². The van der Waals surface area contributed by atoms with Gasteiger partial charge < -0.3 is 108 Å². The summed E-state index contributed by atoms with van der Waals surface area (Å²) in [5.74, 6) is -22.3. The number of aliphatic carboxylic acids is 1. The second-order valence-corrected chi connectivity index (χ2v) is 37.5. The van der Waals surface area contributed by atoms with Crippen LogP contribution in [0.2, 0.25) is 0 Å². The number of rotatable bonds is 22. The molecular weight excluding hydrogens is 1810 g/mol. The van der Waals surface area contributed by atoms with Crippen LogP contribution >= 0.6 is 11.8 Å². The second-order valence-electron chi connectivity index (χ2n) is 36.5. The van der Waals surface area contributed by atoms with E-state index < -0.39 is 240 Å². The highest BCUT2D eigenvalue weighted by Gasteiger charge is 2.47. The van der Waals surface area contributed by atoms with E-state index in [1.807, 2.05) is 6.92 Å². The van der Waals surface area contributed by atoms with E-state index in [1.165, 1.54) is 74.6 Å². The Bertz CT molecular complexity index is 5460. The van der Waals surface area contributed by atoms with Gasteiger partial charge in [-0.3, -0.25) is 71.9 Å². The van der Waals surface area contributed by atoms with Gasteiger partial charge in [-0.15, -0.1) is 11.8 Å². The number of thioether (sulfide) groups is 1. The number of aromatic hydroxyl groups is 2. The molecule has 3 aliphatic rings. The summed E-state index contributed by atoms with van der Waals surface area (Å²) in [6, 6.07) is 14.8. The van der Waals surface area contributed by atoms with Crippen LogP contribution < -0.4 is 53.6 Å². The first-order chi connectivity index (χ1) is 65.6. The number of ether oxygens (including phenoxy) is 1. The number of aromatic amines is 1. The fourth-order valence-corrected chi connectivity index (χ4v) is 17.8. The Hall–Kier alpha value is -13.5. The number of hydrogen-bond donors (Lipinski definition) is 15. The number of benzene rings is 6. The number of unbranched alkanes of at least 4 members (excludes halogenated alkanes) is 1. The molecule has 742 valence electrons. The highest BCUT2D eigenvalue weighted by molar-refractivity contribution is 8.00. The summed E-state index contributed by atoms with van der Waals surface area (Å²) in [7, 11) is 3.78. The third-order valence-corrected chi connectivity index (χ3v) is 25.5. The van der Waals surface area contributed by atoms with Gasteiger partial charge in [0.15, 0.2) is 17.5 Å². The average molecular weight is 1930 g/mol. The van der Waals surface area contributed by atoms with Crippen molar-refractivity contribution in [2.45, 2.75) is 210 Å². The fraction of sp³-hybridized carbons (Fsp3) is 0.459. The molecule has 0 aliphatic carbocycles. The number of H-pyrrole nitrogens is 1. The summed E-state index contributed by atoms with van der Waals surface area (Å²) in [6.45, 7) is 8.31. The predicted octanol–water partition coefficient (Wildman–Crippen LogP) is 3.23. The molecule has 0 bridgehead atoms. The lowest BCUT2D eigenvalue weighted by molar-refractivity contribution is -0.152. The highest BCUT2D eigenvalue weighted by Crippen LogP contribution is 2.30. The lowest BCUT2D eigenvalue weighted by atomic mass is 9.85. The Balaban J connectivity index is 1.07. The zero-order valence-corrected chi connectivity index (χ0v) is 79.2. The molecule has 16 N–H and O–H groups in total. The van der Waals surface area contributed by atoms with Gasteiger partial charge in [-0.25, -0.2) is 13.2 Å². The number of carboxylic acids is 1. The summed E-state index contributed by atoms with van der Waals surface area (Å²) in [4.78, 5) is 237. The first-order valence-corrected chi connectivity index (χ1v) is 47.0. The topological polar surface area (TPSA) is 512 Å². The number of para-hydroxylation sites is 1. The number of carboxylic acid groups (broad SMARTS) is 1. The van der Waals surface area contributed by atoms with Crippen molar-refractivity contribution in [2.75, 3.05) is 65.5 Å². The normalized spacial score (nSPS) is 23.6. The van der Waals surface area contributed by atoms with Gasteiger partial charge in [0.1, 0.15) is 96.3 Å². The zero-order chi connectivity index (χ0) is 101. The number of likely N-dealkylation sites (N-methyl/N-ethyl adjacent to an activating group) is 3. The standard InChI is InChI=1S/C98H123F3N16O20S/c1-10-11-27-76-96(135)116-37-20-28-75(116)90(129)109-71(49-82(122)123)89(128)112-84(98(4,5)6)97(136)114(8)77(46-56-21-14-12-15-22-56)91(130)110-73(44-59-31-35-63(119)36-32-59)94(133)117-38-39-137-52-79(117)92(131)108-70(48-61-50-103-67-26-19-18-25-64(61)67)88(127)107-69(43-58-29-33-62(118)34-30-58)87(126)106-68(40-55(2)3)86(125)111-74(85(124)104-51-80(102)120)53-138-54-81(121)105-72(45-60-41-65(99)83(101)66(100)42-60)93(132)115(9)78(95(134)113(76)7)47-57-23-16-13-17-24-57/h12-19,21-26,29-36,41-42,50,55,68-80,84,103,118-120H,10-11,20,27-28,37-40,43-49,51-54,102H2,1-9H3,(H,104,124)(H,105,121)(H,106,126)(H,107,127)(H,108,131)(H,109,129)(H,110,130)(H,111,125)(H,112,128)(H,122,123)/t68-,69-,70-,71-,72-,73-,74-,75+,76-,77-,78-,79+,80?,84+/m0/s1. The van der Waals surface area contributed by atoms with E-state index in [2.05, 4.69) is 52.8 Å². The predicted molar refractivity (Wildman–Crippen MR) is 503 cm³/mol. The minimum atomic E-state index is -1.97. The molecule has 0 saturated carbocycles. The Kier molecular flexibility index (Phi) is 38.2. The summed E-state index contributed by atoms with van der Waals surface area (Å²) < 4.78 is 51.1. The van der Waals surface area contributed by atoms with Gasteiger partial charge in [0.05, 0.1) is 31.9 Å². The molecular formula is C98H123F3N16O20S. The molecule has 14 atom stereocenters. The Labute approximate surface area is 801 Å². The zero-order valence-electron chi connectivity index (χ0n) is 78.4. The number of nitrogens with zero attached hydrogens (tertiary/aromatic N) is 5. The molecule has 36 nitrogen and oxygen atoms in total. The van der Waals surface area contributed by atoms with E-state index in [-0.39, 0.29) is 94.5 Å². The van der Waals surface area contributed by atoms with Crippen LogP contribution in [-0.4, -0.2) is 289 Å². The van der Waals surface area contributed by atoms with Crippen molar-refractivity contribution < 1.29 is 110 Å². The third-order valence-electron chi connectivity index (χ3n) is 24.5. The van der Waals surface area contributed by atoms with Gasteiger partial charge in [-0.05, 0) is 113 Å². The number of phenols is 2. The van der Waals surface area contributed by atoms with Crippen LogP contribution in [-0.2, 0) is 115 Å². The van der Waals surface area contributed by atoms with Crippen LogP contribution in [0, 0.1) is 28.8 Å². The summed E-state index contributed by atoms with van der Waals surface area (Å²) in [6.07, 6.45) is -2.74. The number of amides is 14. The van der Waals surface area contributed by atoms with Gasteiger partial charge in [-0.1, -0.05) is 158 Å². The quantitative estimate of drug-likeness (QED) is 0.0342. The molecule has 40 heteroatoms. The van der Waals surface area contributed by atoms with Crippen LogP contribution in [0.15, 0.2) is 152 Å². The maximum absolute atomic E-state index is 15.9. The van der Waals surface area contributed by atoms with E-state index in [1.54, 1.807) is 126 Å². The summed E-state index contributed by atoms with van der Waals surface area (Å²) >= 11 is 0.694. The first kappa shape index (κ1) is 107. The van der Waals surface area contributed by atoms with Crippen molar-refractivity contribution in [3.05, 3.63) is 203 Å². The number of aliphatic hydroxyl groups is 1. The number of aromatic nitrogens is 1. The summed E-state index contributed by atoms with van der Waals surface area (Å²) in [5.41, 5.74) is 6.78. The van der Waals surface area contributed by atoms with Gasteiger partial charge in [0.25, 0.3) is 0 Å². The van der Waals surface area contributed by atoms with Gasteiger partial charge in [0.2, 0.25) is 82.7 Å². The molecule has 7 aromatic rings. The van der Waals surface area contributed by atoms with E-state index in [4.69, 9.17) is 10.5 Å². The van der Waals surface area contributed by atoms with E-state index >= 15 is 66.3 Å². The van der Waals surface area contributed by atoms with Crippen molar-refractivity contribution >= 4 is 111 Å². The van der Waals surface area contributed by atoms with Gasteiger partial charge in [-0.2, -0.15) is 0 Å². The van der Waals surface area contributed by atoms with Crippen LogP contribution in [0.5, 0.6) is 11.5 Å². The molecule has 10 rings (SSSR count). The average Bonchev–Trinajstić information content (AvgIpc) is 1.44. The molecule has 4 heterocycles. The van der Waals surface area contributed by atoms with E-state index in [9.17, 15) is 39.2 Å². The lowest BCUT2D eigenvalue weighted by Gasteiger charge is -2.39. The van der Waals surface area contributed by atoms with Crippen molar-refractivity contribution in [1.29, 1.82) is 0 Å². The molecule has 14 amide bonds.